The van der Waals surface area contributed by atoms with Gasteiger partial charge in [0.1, 0.15) is 23.3 Å². The molecule has 1 saturated heterocycles. The third-order valence-corrected chi connectivity index (χ3v) is 6.68. The summed E-state index contributed by atoms with van der Waals surface area (Å²) in [5, 5.41) is 9.78. The van der Waals surface area contributed by atoms with Crippen LogP contribution in [0.2, 0.25) is 0 Å². The molecule has 2 aromatic carbocycles. The lowest BCUT2D eigenvalue weighted by Crippen LogP contribution is -2.35. The highest BCUT2D eigenvalue weighted by atomic mass is 19.1. The Balaban J connectivity index is 1.34. The number of allylic oxidation sites excluding steroid dienone is 1. The number of halogens is 1. The van der Waals surface area contributed by atoms with Crippen LogP contribution >= 0.6 is 0 Å². The number of nitriles is 1. The van der Waals surface area contributed by atoms with Crippen molar-refractivity contribution in [1.29, 1.82) is 5.26 Å². The maximum absolute atomic E-state index is 13.2. The molecule has 0 aliphatic carbocycles. The molecule has 0 atom stereocenters. The van der Waals surface area contributed by atoms with Crippen molar-refractivity contribution in [2.45, 2.75) is 25.8 Å². The fourth-order valence-corrected chi connectivity index (χ4v) is 4.79. The Kier molecular flexibility index (Phi) is 7.47. The molecule has 1 amide bonds. The molecule has 0 N–H and O–H groups in total. The highest BCUT2D eigenvalue weighted by Crippen LogP contribution is 2.40. The SMILES string of the molecule is CN1C(=C(C#N)C(=O)CCC(=O)N2CCCN(Cc3ccc(F)cc3)CC2)N(C)c2ccccc21. The van der Waals surface area contributed by atoms with E-state index in [0.29, 0.717) is 25.5 Å². The van der Waals surface area contributed by atoms with Gasteiger partial charge in [0.15, 0.2) is 5.78 Å². The summed E-state index contributed by atoms with van der Waals surface area (Å²) < 4.78 is 13.2. The minimum atomic E-state index is -0.324. The smallest absolute Gasteiger partial charge is 0.223 e. The van der Waals surface area contributed by atoms with Gasteiger partial charge in [-0.05, 0) is 36.2 Å². The fraction of sp³-hybridized carbons (Fsp3) is 0.370. The van der Waals surface area contributed by atoms with Crippen molar-refractivity contribution >= 4 is 23.1 Å². The Morgan fingerprint density at radius 3 is 2.20 bits per heavy atom. The Hall–Kier alpha value is -3.70. The first-order valence-corrected chi connectivity index (χ1v) is 11.9. The molecule has 2 heterocycles. The third kappa shape index (κ3) is 5.36. The van der Waals surface area contributed by atoms with Gasteiger partial charge >= 0.3 is 0 Å². The van der Waals surface area contributed by atoms with Crippen LogP contribution in [0.25, 0.3) is 0 Å². The van der Waals surface area contributed by atoms with E-state index in [9.17, 15) is 19.2 Å². The van der Waals surface area contributed by atoms with Gasteiger partial charge in [-0.2, -0.15) is 5.26 Å². The van der Waals surface area contributed by atoms with Gasteiger partial charge in [0.25, 0.3) is 0 Å². The molecule has 0 bridgehead atoms. The quantitative estimate of drug-likeness (QED) is 0.470. The Labute approximate surface area is 205 Å². The van der Waals surface area contributed by atoms with Crippen LogP contribution in [0, 0.1) is 17.1 Å². The number of anilines is 2. The van der Waals surface area contributed by atoms with Gasteiger partial charge in [-0.25, -0.2) is 4.39 Å². The van der Waals surface area contributed by atoms with Crippen LogP contribution in [0.5, 0.6) is 0 Å². The van der Waals surface area contributed by atoms with Crippen LogP contribution in [0.1, 0.15) is 24.8 Å². The van der Waals surface area contributed by atoms with E-state index < -0.39 is 0 Å². The van der Waals surface area contributed by atoms with Crippen molar-refractivity contribution < 1.29 is 14.0 Å². The average Bonchev–Trinajstić information content (AvgIpc) is 3.00. The van der Waals surface area contributed by atoms with Crippen molar-refractivity contribution in [2.75, 3.05) is 50.1 Å². The predicted octanol–water partition coefficient (Wildman–Crippen LogP) is 3.53. The summed E-state index contributed by atoms with van der Waals surface area (Å²) in [6, 6.07) is 16.3. The molecule has 0 spiro atoms. The molecule has 182 valence electrons. The number of Topliss-reactive ketones (excluding diaryl/α,β-unsaturated/α-hetero) is 1. The van der Waals surface area contributed by atoms with Gasteiger partial charge in [0, 0.05) is 59.7 Å². The predicted molar refractivity (Wildman–Crippen MR) is 133 cm³/mol. The molecule has 2 aliphatic rings. The second-order valence-electron chi connectivity index (χ2n) is 8.98. The third-order valence-electron chi connectivity index (χ3n) is 6.68. The van der Waals surface area contributed by atoms with Crippen LogP contribution in [0.15, 0.2) is 59.9 Å². The molecule has 1 fully saturated rings. The van der Waals surface area contributed by atoms with Gasteiger partial charge in [-0.15, -0.1) is 0 Å². The van der Waals surface area contributed by atoms with Gasteiger partial charge in [0.05, 0.1) is 11.4 Å². The van der Waals surface area contributed by atoms with Crippen molar-refractivity contribution in [3.63, 3.8) is 0 Å². The molecule has 35 heavy (non-hydrogen) atoms. The van der Waals surface area contributed by atoms with E-state index in [-0.39, 0.29) is 35.9 Å². The summed E-state index contributed by atoms with van der Waals surface area (Å²) in [5.74, 6) is -0.102. The van der Waals surface area contributed by atoms with E-state index in [1.54, 1.807) is 17.0 Å². The molecule has 0 unspecified atom stereocenters. The lowest BCUT2D eigenvalue weighted by Gasteiger charge is -2.22. The van der Waals surface area contributed by atoms with Gasteiger partial charge in [0.2, 0.25) is 5.91 Å². The Bertz CT molecular complexity index is 1140. The Morgan fingerprint density at radius 1 is 0.914 bits per heavy atom. The van der Waals surface area contributed by atoms with Crippen LogP contribution in [-0.4, -0.2) is 61.8 Å². The van der Waals surface area contributed by atoms with Crippen molar-refractivity contribution in [3.05, 3.63) is 71.3 Å². The largest absolute Gasteiger partial charge is 0.341 e. The van der Waals surface area contributed by atoms with Crippen molar-refractivity contribution in [1.82, 2.24) is 9.80 Å². The molecular formula is C27H30FN5O2. The highest BCUT2D eigenvalue weighted by Gasteiger charge is 2.31. The number of nitrogens with zero attached hydrogens (tertiary/aromatic N) is 5. The summed E-state index contributed by atoms with van der Waals surface area (Å²) in [7, 11) is 3.67. The lowest BCUT2D eigenvalue weighted by atomic mass is 10.1. The van der Waals surface area contributed by atoms with Crippen LogP contribution in [-0.2, 0) is 16.1 Å². The summed E-state index contributed by atoms with van der Waals surface area (Å²) in [4.78, 5) is 33.6. The van der Waals surface area contributed by atoms with E-state index in [0.717, 1.165) is 36.4 Å². The van der Waals surface area contributed by atoms with E-state index in [1.165, 1.54) is 12.1 Å². The van der Waals surface area contributed by atoms with Crippen LogP contribution in [0.4, 0.5) is 15.8 Å². The number of para-hydroxylation sites is 2. The summed E-state index contributed by atoms with van der Waals surface area (Å²) in [5.41, 5.74) is 2.96. The molecule has 8 heteroatoms. The van der Waals surface area contributed by atoms with Crippen LogP contribution in [0.3, 0.4) is 0 Å². The van der Waals surface area contributed by atoms with E-state index in [1.807, 2.05) is 48.2 Å². The average molecular weight is 476 g/mol. The van der Waals surface area contributed by atoms with Gasteiger partial charge < -0.3 is 14.7 Å². The second kappa shape index (κ2) is 10.7. The number of carbonyl (C=O) groups excluding carboxylic acids is 2. The topological polar surface area (TPSA) is 70.9 Å². The molecule has 0 radical (unpaired) electrons. The minimum Gasteiger partial charge on any atom is -0.341 e. The molecule has 7 nitrogen and oxygen atoms in total. The number of amides is 1. The molecule has 4 rings (SSSR count). The molecule has 2 aromatic rings. The summed E-state index contributed by atoms with van der Waals surface area (Å²) in [6.07, 6.45) is 0.914. The number of fused-ring (bicyclic) bond motifs is 1. The Morgan fingerprint density at radius 2 is 1.57 bits per heavy atom. The highest BCUT2D eigenvalue weighted by molar-refractivity contribution is 6.03. The zero-order valence-corrected chi connectivity index (χ0v) is 20.2. The second-order valence-corrected chi connectivity index (χ2v) is 8.98. The number of ketones is 1. The first-order chi connectivity index (χ1) is 16.9. The molecule has 2 aliphatic heterocycles. The number of carbonyl (C=O) groups is 2. The molecule has 0 aromatic heterocycles. The van der Waals surface area contributed by atoms with Crippen molar-refractivity contribution in [3.8, 4) is 6.07 Å². The standard InChI is InChI=1S/C27H30FN5O2/c1-30-23-6-3-4-7-24(23)31(2)27(30)22(18-29)25(34)12-13-26(35)33-15-5-14-32(16-17-33)19-20-8-10-21(28)11-9-20/h3-4,6-11H,5,12-17,19H2,1-2H3. The van der Waals surface area contributed by atoms with Crippen molar-refractivity contribution in [2.24, 2.45) is 0 Å². The van der Waals surface area contributed by atoms with Gasteiger partial charge in [-0.1, -0.05) is 24.3 Å². The fourth-order valence-electron chi connectivity index (χ4n) is 4.79. The molecule has 0 saturated carbocycles. The number of benzene rings is 2. The monoisotopic (exact) mass is 475 g/mol. The maximum atomic E-state index is 13.2. The molecular weight excluding hydrogens is 445 g/mol. The lowest BCUT2D eigenvalue weighted by molar-refractivity contribution is -0.132. The summed E-state index contributed by atoms with van der Waals surface area (Å²) >= 11 is 0. The number of rotatable bonds is 6. The first-order valence-electron chi connectivity index (χ1n) is 11.9. The normalized spacial score (nSPS) is 16.1. The number of hydrogen-bond acceptors (Lipinski definition) is 6. The zero-order chi connectivity index (χ0) is 24.9. The van der Waals surface area contributed by atoms with Gasteiger partial charge in [-0.3, -0.25) is 14.5 Å². The maximum Gasteiger partial charge on any atom is 0.223 e. The number of hydrogen-bond donors (Lipinski definition) is 0. The van der Waals surface area contributed by atoms with E-state index in [4.69, 9.17) is 0 Å². The zero-order valence-electron chi connectivity index (χ0n) is 20.2. The van der Waals surface area contributed by atoms with E-state index >= 15 is 0 Å². The first kappa shape index (κ1) is 24.4. The summed E-state index contributed by atoms with van der Waals surface area (Å²) in [6.45, 7) is 3.51. The minimum absolute atomic E-state index is 0.000947. The van der Waals surface area contributed by atoms with E-state index in [2.05, 4.69) is 11.0 Å². The van der Waals surface area contributed by atoms with Crippen LogP contribution < -0.4 is 9.80 Å².